The molecule has 0 aliphatic heterocycles. The molecular weight excluding hydrogens is 256 g/mol. The smallest absolute Gasteiger partial charge is 0.275 e. The van der Waals surface area contributed by atoms with E-state index in [1.165, 1.54) is 7.11 Å². The summed E-state index contributed by atoms with van der Waals surface area (Å²) in [5.41, 5.74) is 4.75. The summed E-state index contributed by atoms with van der Waals surface area (Å²) in [5, 5.41) is 0. The van der Waals surface area contributed by atoms with Crippen molar-refractivity contribution < 1.29 is 9.53 Å². The van der Waals surface area contributed by atoms with Gasteiger partial charge in [-0.15, -0.1) is 0 Å². The first-order valence-corrected chi connectivity index (χ1v) is 6.02. The lowest BCUT2D eigenvalue weighted by molar-refractivity contribution is 0.100. The minimum Gasteiger partial charge on any atom is -0.480 e. The number of fused-ring (bicyclic) bond motifs is 1. The van der Waals surface area contributed by atoms with Gasteiger partial charge in [0.1, 0.15) is 11.9 Å². The topological polar surface area (TPSA) is 69.0 Å². The maximum atomic E-state index is 12.3. The van der Waals surface area contributed by atoms with Crippen LogP contribution in [0.15, 0.2) is 48.9 Å². The number of amides is 1. The van der Waals surface area contributed by atoms with E-state index in [0.717, 1.165) is 11.0 Å². The lowest BCUT2D eigenvalue weighted by Crippen LogP contribution is -2.22. The Balaban J connectivity index is 1.93. The normalized spacial score (nSPS) is 10.4. The first-order valence-electron chi connectivity index (χ1n) is 6.02. The molecule has 0 spiro atoms. The summed E-state index contributed by atoms with van der Waals surface area (Å²) in [7, 11) is 1.48. The molecule has 1 N–H and O–H groups in total. The summed E-state index contributed by atoms with van der Waals surface area (Å²) in [6.07, 6.45) is 3.13. The largest absolute Gasteiger partial charge is 0.480 e. The average Bonchev–Trinajstić information content (AvgIpc) is 2.90. The maximum Gasteiger partial charge on any atom is 0.275 e. The fraction of sp³-hybridized carbons (Fsp3) is 0.0714. The fourth-order valence-electron chi connectivity index (χ4n) is 1.94. The van der Waals surface area contributed by atoms with Gasteiger partial charge in [0.05, 0.1) is 18.1 Å². The molecule has 0 saturated carbocycles. The van der Waals surface area contributed by atoms with Gasteiger partial charge in [-0.1, -0.05) is 12.1 Å². The van der Waals surface area contributed by atoms with Gasteiger partial charge in [0.15, 0.2) is 0 Å². The lowest BCUT2D eigenvalue weighted by atomic mass is 10.2. The highest BCUT2D eigenvalue weighted by Crippen LogP contribution is 2.15. The molecule has 0 aliphatic carbocycles. The van der Waals surface area contributed by atoms with E-state index in [2.05, 4.69) is 15.4 Å². The summed E-state index contributed by atoms with van der Waals surface area (Å²) in [6, 6.07) is 10.9. The minimum atomic E-state index is -0.307. The first kappa shape index (κ1) is 12.2. The number of hydrogen-bond acceptors (Lipinski definition) is 4. The number of nitrogens with one attached hydrogen (secondary N) is 1. The van der Waals surface area contributed by atoms with E-state index in [1.54, 1.807) is 29.3 Å². The van der Waals surface area contributed by atoms with Crippen LogP contribution in [-0.2, 0) is 0 Å². The van der Waals surface area contributed by atoms with Crippen LogP contribution in [0, 0.1) is 0 Å². The minimum absolute atomic E-state index is 0.287. The molecular formula is C14H12N4O2. The Bertz CT molecular complexity index is 766. The molecule has 20 heavy (non-hydrogen) atoms. The van der Waals surface area contributed by atoms with Crippen molar-refractivity contribution in [2.75, 3.05) is 12.5 Å². The number of methoxy groups -OCH3 is 1. The van der Waals surface area contributed by atoms with Crippen LogP contribution >= 0.6 is 0 Å². The second-order valence-corrected chi connectivity index (χ2v) is 4.10. The third-order valence-electron chi connectivity index (χ3n) is 2.88. The average molecular weight is 268 g/mol. The van der Waals surface area contributed by atoms with E-state index in [-0.39, 0.29) is 11.8 Å². The molecule has 100 valence electrons. The van der Waals surface area contributed by atoms with E-state index < -0.39 is 0 Å². The SMILES string of the molecule is COc1ncccc1C(=O)Nn1cnc2ccccc21. The predicted octanol–water partition coefficient (Wildman–Crippen LogP) is 1.82. The molecule has 0 aliphatic rings. The van der Waals surface area contributed by atoms with Crippen LogP contribution < -0.4 is 10.2 Å². The molecule has 6 heteroatoms. The molecule has 0 fully saturated rings. The van der Waals surface area contributed by atoms with Gasteiger partial charge in [-0.05, 0) is 24.3 Å². The molecule has 2 aromatic heterocycles. The molecule has 1 amide bonds. The summed E-state index contributed by atoms with van der Waals surface area (Å²) >= 11 is 0. The number of aromatic nitrogens is 3. The van der Waals surface area contributed by atoms with Crippen molar-refractivity contribution >= 4 is 16.9 Å². The third-order valence-corrected chi connectivity index (χ3v) is 2.88. The van der Waals surface area contributed by atoms with E-state index in [1.807, 2.05) is 24.3 Å². The Morgan fingerprint density at radius 1 is 1.20 bits per heavy atom. The molecule has 6 nitrogen and oxygen atoms in total. The van der Waals surface area contributed by atoms with Crippen LogP contribution in [0.5, 0.6) is 5.88 Å². The summed E-state index contributed by atoms with van der Waals surface area (Å²) in [6.45, 7) is 0. The number of para-hydroxylation sites is 2. The zero-order valence-electron chi connectivity index (χ0n) is 10.8. The van der Waals surface area contributed by atoms with Gasteiger partial charge in [-0.2, -0.15) is 0 Å². The number of imidazole rings is 1. The number of pyridine rings is 1. The fourth-order valence-corrected chi connectivity index (χ4v) is 1.94. The number of rotatable bonds is 3. The zero-order valence-corrected chi connectivity index (χ0v) is 10.8. The Morgan fingerprint density at radius 3 is 2.90 bits per heavy atom. The number of hydrogen-bond donors (Lipinski definition) is 1. The van der Waals surface area contributed by atoms with Crippen molar-refractivity contribution in [2.24, 2.45) is 0 Å². The Kier molecular flexibility index (Phi) is 3.04. The van der Waals surface area contributed by atoms with Crippen LogP contribution in [0.2, 0.25) is 0 Å². The zero-order chi connectivity index (χ0) is 13.9. The predicted molar refractivity (Wildman–Crippen MR) is 74.2 cm³/mol. The van der Waals surface area contributed by atoms with E-state index in [0.29, 0.717) is 5.56 Å². The quantitative estimate of drug-likeness (QED) is 0.786. The maximum absolute atomic E-state index is 12.3. The number of carbonyl (C=O) groups is 1. The standard InChI is InChI=1S/C14H12N4O2/c1-20-14-10(5-4-8-15-14)13(19)17-18-9-16-11-6-2-3-7-12(11)18/h2-9H,1H3,(H,17,19). The number of carbonyl (C=O) groups excluding carboxylic acids is 1. The molecule has 0 bridgehead atoms. The Morgan fingerprint density at radius 2 is 2.05 bits per heavy atom. The third kappa shape index (κ3) is 2.07. The molecule has 0 saturated heterocycles. The number of ether oxygens (including phenoxy) is 1. The molecule has 2 heterocycles. The number of benzene rings is 1. The van der Waals surface area contributed by atoms with Crippen LogP contribution in [0.3, 0.4) is 0 Å². The Hall–Kier alpha value is -2.89. The lowest BCUT2D eigenvalue weighted by Gasteiger charge is -2.09. The van der Waals surface area contributed by atoms with E-state index in [9.17, 15) is 4.79 Å². The van der Waals surface area contributed by atoms with Gasteiger partial charge >= 0.3 is 0 Å². The van der Waals surface area contributed by atoms with Gasteiger partial charge in [0.25, 0.3) is 5.91 Å². The van der Waals surface area contributed by atoms with Gasteiger partial charge < -0.3 is 4.74 Å². The Labute approximate surface area is 115 Å². The number of nitrogens with zero attached hydrogens (tertiary/aromatic N) is 3. The van der Waals surface area contributed by atoms with Crippen molar-refractivity contribution in [1.29, 1.82) is 0 Å². The summed E-state index contributed by atoms with van der Waals surface area (Å²) < 4.78 is 6.65. The van der Waals surface area contributed by atoms with Crippen molar-refractivity contribution in [3.63, 3.8) is 0 Å². The molecule has 3 aromatic rings. The second kappa shape index (κ2) is 5.00. The van der Waals surface area contributed by atoms with Crippen LogP contribution in [-0.4, -0.2) is 27.7 Å². The monoisotopic (exact) mass is 268 g/mol. The highest BCUT2D eigenvalue weighted by atomic mass is 16.5. The van der Waals surface area contributed by atoms with Crippen LogP contribution in [0.1, 0.15) is 10.4 Å². The van der Waals surface area contributed by atoms with E-state index in [4.69, 9.17) is 4.74 Å². The molecule has 0 unspecified atom stereocenters. The van der Waals surface area contributed by atoms with Crippen LogP contribution in [0.25, 0.3) is 11.0 Å². The first-order chi connectivity index (χ1) is 9.79. The van der Waals surface area contributed by atoms with Gasteiger partial charge in [0, 0.05) is 6.20 Å². The van der Waals surface area contributed by atoms with E-state index >= 15 is 0 Å². The van der Waals surface area contributed by atoms with Gasteiger partial charge in [-0.3, -0.25) is 10.2 Å². The molecule has 1 aromatic carbocycles. The van der Waals surface area contributed by atoms with Crippen molar-refractivity contribution in [1.82, 2.24) is 14.6 Å². The summed E-state index contributed by atoms with van der Waals surface area (Å²) in [4.78, 5) is 20.5. The highest BCUT2D eigenvalue weighted by molar-refractivity contribution is 6.02. The van der Waals surface area contributed by atoms with Crippen molar-refractivity contribution in [2.45, 2.75) is 0 Å². The van der Waals surface area contributed by atoms with Gasteiger partial charge in [-0.25, -0.2) is 14.6 Å². The van der Waals surface area contributed by atoms with Crippen molar-refractivity contribution in [3.8, 4) is 5.88 Å². The highest BCUT2D eigenvalue weighted by Gasteiger charge is 2.13. The van der Waals surface area contributed by atoms with Crippen LogP contribution in [0.4, 0.5) is 0 Å². The molecule has 0 atom stereocenters. The second-order valence-electron chi connectivity index (χ2n) is 4.10. The molecule has 3 rings (SSSR count). The molecule has 0 radical (unpaired) electrons. The van der Waals surface area contributed by atoms with Crippen molar-refractivity contribution in [3.05, 3.63) is 54.5 Å². The summed E-state index contributed by atoms with van der Waals surface area (Å²) in [5.74, 6) is -0.0208. The van der Waals surface area contributed by atoms with Gasteiger partial charge in [0.2, 0.25) is 5.88 Å².